The molecular weight excluding hydrogens is 184 g/mol. The molecule has 4 heteroatoms. The SMILES string of the molecule is O=C(O)CC1(C2CCOCC2)COC1. The van der Waals surface area contributed by atoms with Gasteiger partial charge in [-0.05, 0) is 18.8 Å². The molecule has 0 saturated carbocycles. The molecular formula is C10H16O4. The van der Waals surface area contributed by atoms with Crippen LogP contribution in [0.4, 0.5) is 0 Å². The minimum Gasteiger partial charge on any atom is -0.481 e. The zero-order valence-corrected chi connectivity index (χ0v) is 8.20. The molecule has 0 unspecified atom stereocenters. The summed E-state index contributed by atoms with van der Waals surface area (Å²) in [4.78, 5) is 10.8. The topological polar surface area (TPSA) is 55.8 Å². The third-order valence-corrected chi connectivity index (χ3v) is 3.37. The summed E-state index contributed by atoms with van der Waals surface area (Å²) in [5, 5.41) is 8.86. The summed E-state index contributed by atoms with van der Waals surface area (Å²) < 4.78 is 10.5. The van der Waals surface area contributed by atoms with Crippen molar-refractivity contribution in [3.63, 3.8) is 0 Å². The van der Waals surface area contributed by atoms with Gasteiger partial charge in [-0.1, -0.05) is 0 Å². The van der Waals surface area contributed by atoms with Crippen LogP contribution in [0, 0.1) is 11.3 Å². The van der Waals surface area contributed by atoms with Crippen LogP contribution in [0.3, 0.4) is 0 Å². The zero-order chi connectivity index (χ0) is 10.0. The van der Waals surface area contributed by atoms with Gasteiger partial charge in [0.15, 0.2) is 0 Å². The molecule has 0 aromatic rings. The van der Waals surface area contributed by atoms with Crippen molar-refractivity contribution >= 4 is 5.97 Å². The summed E-state index contributed by atoms with van der Waals surface area (Å²) in [6.07, 6.45) is 2.21. The lowest BCUT2D eigenvalue weighted by Crippen LogP contribution is -2.51. The predicted octanol–water partition coefficient (Wildman–Crippen LogP) is 0.904. The van der Waals surface area contributed by atoms with Gasteiger partial charge in [0.1, 0.15) is 0 Å². The van der Waals surface area contributed by atoms with Crippen LogP contribution in [-0.4, -0.2) is 37.5 Å². The fourth-order valence-electron chi connectivity index (χ4n) is 2.46. The molecule has 4 nitrogen and oxygen atoms in total. The first-order valence-corrected chi connectivity index (χ1v) is 5.10. The molecule has 0 aliphatic carbocycles. The van der Waals surface area contributed by atoms with Gasteiger partial charge >= 0.3 is 5.97 Å². The van der Waals surface area contributed by atoms with Gasteiger partial charge in [0.25, 0.3) is 0 Å². The molecule has 80 valence electrons. The second-order valence-electron chi connectivity index (χ2n) is 4.31. The van der Waals surface area contributed by atoms with Gasteiger partial charge in [0.05, 0.1) is 19.6 Å². The molecule has 0 amide bonds. The average molecular weight is 200 g/mol. The molecule has 2 fully saturated rings. The normalized spacial score (nSPS) is 26.9. The van der Waals surface area contributed by atoms with Crippen LogP contribution < -0.4 is 0 Å². The van der Waals surface area contributed by atoms with Crippen molar-refractivity contribution in [2.75, 3.05) is 26.4 Å². The Kier molecular flexibility index (Phi) is 2.74. The Hall–Kier alpha value is -0.610. The first-order chi connectivity index (χ1) is 6.73. The summed E-state index contributed by atoms with van der Waals surface area (Å²) in [5.74, 6) is -0.235. The van der Waals surface area contributed by atoms with Crippen molar-refractivity contribution in [3.8, 4) is 0 Å². The van der Waals surface area contributed by atoms with Gasteiger partial charge in [0.2, 0.25) is 0 Å². The number of hydrogen-bond donors (Lipinski definition) is 1. The lowest BCUT2D eigenvalue weighted by atomic mass is 9.68. The first-order valence-electron chi connectivity index (χ1n) is 5.10. The molecule has 2 rings (SSSR count). The number of hydrogen-bond acceptors (Lipinski definition) is 3. The minimum absolute atomic E-state index is 0.0877. The quantitative estimate of drug-likeness (QED) is 0.735. The van der Waals surface area contributed by atoms with Crippen molar-refractivity contribution < 1.29 is 19.4 Å². The number of rotatable bonds is 3. The van der Waals surface area contributed by atoms with Crippen LogP contribution in [0.2, 0.25) is 0 Å². The Morgan fingerprint density at radius 1 is 1.29 bits per heavy atom. The van der Waals surface area contributed by atoms with Crippen LogP contribution in [0.25, 0.3) is 0 Å². The summed E-state index contributed by atoms with van der Waals surface area (Å²) in [7, 11) is 0. The average Bonchev–Trinajstić information content (AvgIpc) is 2.12. The number of aliphatic carboxylic acids is 1. The number of carboxylic acids is 1. The standard InChI is InChI=1S/C10H16O4/c11-9(12)5-10(6-14-7-10)8-1-3-13-4-2-8/h8H,1-7H2,(H,11,12). The van der Waals surface area contributed by atoms with Gasteiger partial charge in [-0.3, -0.25) is 4.79 Å². The third-order valence-electron chi connectivity index (χ3n) is 3.37. The maximum atomic E-state index is 10.8. The van der Waals surface area contributed by atoms with Crippen molar-refractivity contribution in [1.29, 1.82) is 0 Å². The fourth-order valence-corrected chi connectivity index (χ4v) is 2.46. The molecule has 1 N–H and O–H groups in total. The van der Waals surface area contributed by atoms with E-state index in [4.69, 9.17) is 14.6 Å². The highest BCUT2D eigenvalue weighted by atomic mass is 16.5. The summed E-state index contributed by atoms with van der Waals surface area (Å²) in [6.45, 7) is 2.77. The molecule has 2 heterocycles. The van der Waals surface area contributed by atoms with Crippen LogP contribution in [0.5, 0.6) is 0 Å². The highest BCUT2D eigenvalue weighted by Gasteiger charge is 2.47. The van der Waals surface area contributed by atoms with E-state index < -0.39 is 5.97 Å². The zero-order valence-electron chi connectivity index (χ0n) is 8.20. The first kappa shape index (κ1) is 9.93. The lowest BCUT2D eigenvalue weighted by molar-refractivity contribution is -0.180. The van der Waals surface area contributed by atoms with Crippen molar-refractivity contribution in [2.24, 2.45) is 11.3 Å². The molecule has 0 aromatic carbocycles. The molecule has 2 aliphatic rings. The Balaban J connectivity index is 1.99. The highest BCUT2D eigenvalue weighted by Crippen LogP contribution is 2.43. The second kappa shape index (κ2) is 3.87. The van der Waals surface area contributed by atoms with E-state index in [0.717, 1.165) is 26.1 Å². The summed E-state index contributed by atoms with van der Waals surface area (Å²) in [5.41, 5.74) is -0.0877. The van der Waals surface area contributed by atoms with Crippen LogP contribution in [0.1, 0.15) is 19.3 Å². The third kappa shape index (κ3) is 1.77. The molecule has 0 aromatic heterocycles. The summed E-state index contributed by atoms with van der Waals surface area (Å²) >= 11 is 0. The van der Waals surface area contributed by atoms with Crippen LogP contribution >= 0.6 is 0 Å². The van der Waals surface area contributed by atoms with E-state index in [-0.39, 0.29) is 11.8 Å². The van der Waals surface area contributed by atoms with Crippen LogP contribution in [-0.2, 0) is 14.3 Å². The molecule has 14 heavy (non-hydrogen) atoms. The van der Waals surface area contributed by atoms with Crippen molar-refractivity contribution in [3.05, 3.63) is 0 Å². The maximum Gasteiger partial charge on any atom is 0.304 e. The Labute approximate surface area is 83.2 Å². The van der Waals surface area contributed by atoms with E-state index in [2.05, 4.69) is 0 Å². The molecule has 2 saturated heterocycles. The van der Waals surface area contributed by atoms with Gasteiger partial charge in [-0.15, -0.1) is 0 Å². The van der Waals surface area contributed by atoms with Gasteiger partial charge in [0, 0.05) is 18.6 Å². The minimum atomic E-state index is -0.709. The number of ether oxygens (including phenoxy) is 2. The summed E-state index contributed by atoms with van der Waals surface area (Å²) in [6, 6.07) is 0. The molecule has 2 aliphatic heterocycles. The van der Waals surface area contributed by atoms with E-state index in [1.165, 1.54) is 0 Å². The smallest absolute Gasteiger partial charge is 0.304 e. The van der Waals surface area contributed by atoms with E-state index in [1.54, 1.807) is 0 Å². The van der Waals surface area contributed by atoms with Gasteiger partial charge in [-0.25, -0.2) is 0 Å². The number of carboxylic acid groups (broad SMARTS) is 1. The largest absolute Gasteiger partial charge is 0.481 e. The molecule has 0 atom stereocenters. The van der Waals surface area contributed by atoms with E-state index in [9.17, 15) is 4.79 Å². The van der Waals surface area contributed by atoms with Crippen molar-refractivity contribution in [1.82, 2.24) is 0 Å². The maximum absolute atomic E-state index is 10.8. The highest BCUT2D eigenvalue weighted by molar-refractivity contribution is 5.68. The van der Waals surface area contributed by atoms with E-state index in [0.29, 0.717) is 19.1 Å². The van der Waals surface area contributed by atoms with Crippen LogP contribution in [0.15, 0.2) is 0 Å². The monoisotopic (exact) mass is 200 g/mol. The fraction of sp³-hybridized carbons (Fsp3) is 0.900. The number of carbonyl (C=O) groups is 1. The van der Waals surface area contributed by atoms with Gasteiger partial charge in [-0.2, -0.15) is 0 Å². The van der Waals surface area contributed by atoms with E-state index in [1.807, 2.05) is 0 Å². The lowest BCUT2D eigenvalue weighted by Gasteiger charge is -2.47. The molecule has 0 spiro atoms. The van der Waals surface area contributed by atoms with E-state index >= 15 is 0 Å². The Bertz CT molecular complexity index is 216. The predicted molar refractivity (Wildman–Crippen MR) is 49.0 cm³/mol. The van der Waals surface area contributed by atoms with Crippen molar-refractivity contribution in [2.45, 2.75) is 19.3 Å². The van der Waals surface area contributed by atoms with Gasteiger partial charge < -0.3 is 14.6 Å². The molecule has 0 radical (unpaired) electrons. The Morgan fingerprint density at radius 2 is 1.93 bits per heavy atom. The second-order valence-corrected chi connectivity index (χ2v) is 4.31. The Morgan fingerprint density at radius 3 is 2.36 bits per heavy atom. The molecule has 0 bridgehead atoms.